The molecule has 0 saturated carbocycles. The number of carbonyl (C=O) groups is 1. The van der Waals surface area contributed by atoms with Crippen molar-refractivity contribution in [3.63, 3.8) is 0 Å². The van der Waals surface area contributed by atoms with Crippen LogP contribution in [0.2, 0.25) is 0 Å². The Labute approximate surface area is 119 Å². The number of aromatic nitrogens is 2. The maximum Gasteiger partial charge on any atom is 0.351 e. The second-order valence-electron chi connectivity index (χ2n) is 5.39. The number of hydrogen-bond donors (Lipinski definition) is 2. The summed E-state index contributed by atoms with van der Waals surface area (Å²) in [4.78, 5) is 26.8. The Balaban J connectivity index is 1.99. The number of hydrogen-bond acceptors (Lipinski definition) is 7. The Morgan fingerprint density at radius 3 is 2.71 bits per heavy atom. The highest BCUT2D eigenvalue weighted by Gasteiger charge is 2.58. The lowest BCUT2D eigenvalue weighted by molar-refractivity contribution is -0.203. The van der Waals surface area contributed by atoms with Crippen molar-refractivity contribution in [2.24, 2.45) is 0 Å². The third-order valence-electron chi connectivity index (χ3n) is 3.40. The van der Waals surface area contributed by atoms with Gasteiger partial charge in [-0.25, -0.2) is 9.59 Å². The van der Waals surface area contributed by atoms with Crippen LogP contribution in [0, 0.1) is 0 Å². The van der Waals surface area contributed by atoms with Gasteiger partial charge < -0.3 is 25.1 Å². The fraction of sp³-hybridized carbons (Fsp3) is 0.583. The number of fused-ring (bicyclic) bond motifs is 1. The second kappa shape index (κ2) is 4.52. The molecule has 0 unspecified atom stereocenters. The summed E-state index contributed by atoms with van der Waals surface area (Å²) in [6, 6.07) is 1.43. The average Bonchev–Trinajstić information content (AvgIpc) is 2.82. The summed E-state index contributed by atoms with van der Waals surface area (Å²) in [7, 11) is 0. The number of nitrogen functional groups attached to an aromatic ring is 1. The van der Waals surface area contributed by atoms with E-state index in [9.17, 15) is 14.7 Å². The van der Waals surface area contributed by atoms with Gasteiger partial charge in [-0.15, -0.1) is 0 Å². The Morgan fingerprint density at radius 1 is 1.43 bits per heavy atom. The summed E-state index contributed by atoms with van der Waals surface area (Å²) in [6.45, 7) is 3.34. The highest BCUT2D eigenvalue weighted by atomic mass is 16.8. The van der Waals surface area contributed by atoms with Gasteiger partial charge in [0.05, 0.1) is 0 Å². The molecule has 3 heterocycles. The monoisotopic (exact) mass is 297 g/mol. The van der Waals surface area contributed by atoms with Gasteiger partial charge in [-0.05, 0) is 19.9 Å². The molecule has 3 rings (SSSR count). The Bertz CT molecular complexity index is 642. The fourth-order valence-corrected chi connectivity index (χ4v) is 2.62. The smallest absolute Gasteiger partial charge is 0.351 e. The maximum atomic E-state index is 11.9. The molecule has 0 aromatic carbocycles. The standard InChI is InChI=1S/C12H15N3O6/c1-12(2)20-6-7(21-12)9(19-8(6)10(16)17)15-4-3-5(13)14-11(15)18/h3-4,6-9H,1-2H3,(H,16,17)(H2,13,14,18)/t6-,7+,8-,9+/m0/s1. The lowest BCUT2D eigenvalue weighted by atomic mass is 10.1. The van der Waals surface area contributed by atoms with Crippen LogP contribution in [-0.2, 0) is 19.0 Å². The van der Waals surface area contributed by atoms with Crippen LogP contribution in [0.1, 0.15) is 20.1 Å². The predicted molar refractivity (Wildman–Crippen MR) is 68.3 cm³/mol. The lowest BCUT2D eigenvalue weighted by Gasteiger charge is -2.23. The molecule has 9 heteroatoms. The zero-order valence-corrected chi connectivity index (χ0v) is 11.4. The number of carboxylic acid groups (broad SMARTS) is 1. The van der Waals surface area contributed by atoms with Crippen molar-refractivity contribution < 1.29 is 24.1 Å². The number of rotatable bonds is 2. The maximum absolute atomic E-state index is 11.9. The number of aliphatic carboxylic acids is 1. The fourth-order valence-electron chi connectivity index (χ4n) is 2.62. The third kappa shape index (κ3) is 2.28. The van der Waals surface area contributed by atoms with E-state index in [0.29, 0.717) is 0 Å². The van der Waals surface area contributed by atoms with Gasteiger partial charge in [0.1, 0.15) is 18.0 Å². The molecule has 1 aromatic rings. The zero-order chi connectivity index (χ0) is 15.4. The molecule has 0 spiro atoms. The van der Waals surface area contributed by atoms with Crippen LogP contribution < -0.4 is 11.4 Å². The number of anilines is 1. The number of ether oxygens (including phenoxy) is 3. The molecular weight excluding hydrogens is 282 g/mol. The molecule has 2 fully saturated rings. The van der Waals surface area contributed by atoms with E-state index in [0.717, 1.165) is 4.57 Å². The minimum atomic E-state index is -1.22. The highest BCUT2D eigenvalue weighted by molar-refractivity contribution is 5.73. The Hall–Kier alpha value is -1.97. The summed E-state index contributed by atoms with van der Waals surface area (Å²) in [5.74, 6) is -2.05. The molecule has 0 bridgehead atoms. The third-order valence-corrected chi connectivity index (χ3v) is 3.40. The lowest BCUT2D eigenvalue weighted by Crippen LogP contribution is -2.35. The Kier molecular flexibility index (Phi) is 3.01. The summed E-state index contributed by atoms with van der Waals surface area (Å²) >= 11 is 0. The van der Waals surface area contributed by atoms with E-state index < -0.39 is 42.0 Å². The van der Waals surface area contributed by atoms with Crippen LogP contribution >= 0.6 is 0 Å². The molecule has 2 aliphatic rings. The molecule has 4 atom stereocenters. The minimum Gasteiger partial charge on any atom is -0.479 e. The summed E-state index contributed by atoms with van der Waals surface area (Å²) < 4.78 is 17.8. The van der Waals surface area contributed by atoms with Crippen LogP contribution in [0.3, 0.4) is 0 Å². The van der Waals surface area contributed by atoms with Gasteiger partial charge in [-0.1, -0.05) is 0 Å². The highest BCUT2D eigenvalue weighted by Crippen LogP contribution is 2.42. The van der Waals surface area contributed by atoms with Gasteiger partial charge in [-0.2, -0.15) is 4.98 Å². The second-order valence-corrected chi connectivity index (χ2v) is 5.39. The number of nitrogens with zero attached hydrogens (tertiary/aromatic N) is 2. The van der Waals surface area contributed by atoms with E-state index in [1.807, 2.05) is 0 Å². The summed E-state index contributed by atoms with van der Waals surface area (Å²) in [5, 5.41) is 9.23. The van der Waals surface area contributed by atoms with Crippen molar-refractivity contribution >= 4 is 11.8 Å². The molecular formula is C12H15N3O6. The molecule has 1 aromatic heterocycles. The SMILES string of the molecule is CC1(C)O[C@@H]2[C@H](O1)[C@@H](C(=O)O)O[C@H]2n1ccc(N)nc1=O. The van der Waals surface area contributed by atoms with Crippen molar-refractivity contribution in [2.75, 3.05) is 5.73 Å². The van der Waals surface area contributed by atoms with Crippen LogP contribution in [-0.4, -0.2) is 44.7 Å². The molecule has 0 aliphatic carbocycles. The molecule has 3 N–H and O–H groups in total. The van der Waals surface area contributed by atoms with Crippen LogP contribution in [0.25, 0.3) is 0 Å². The van der Waals surface area contributed by atoms with Gasteiger partial charge in [0.25, 0.3) is 0 Å². The molecule has 9 nitrogen and oxygen atoms in total. The number of nitrogens with two attached hydrogens (primary N) is 1. The van der Waals surface area contributed by atoms with Crippen LogP contribution in [0.5, 0.6) is 0 Å². The summed E-state index contributed by atoms with van der Waals surface area (Å²) in [6.07, 6.45) is -2.27. The van der Waals surface area contributed by atoms with E-state index in [4.69, 9.17) is 19.9 Å². The zero-order valence-electron chi connectivity index (χ0n) is 11.4. The first kappa shape index (κ1) is 14.0. The first-order chi connectivity index (χ1) is 9.78. The van der Waals surface area contributed by atoms with Crippen LogP contribution in [0.4, 0.5) is 5.82 Å². The van der Waals surface area contributed by atoms with Crippen molar-refractivity contribution in [3.8, 4) is 0 Å². The molecule has 21 heavy (non-hydrogen) atoms. The summed E-state index contributed by atoms with van der Waals surface area (Å²) in [5.41, 5.74) is 4.80. The Morgan fingerprint density at radius 2 is 2.10 bits per heavy atom. The predicted octanol–water partition coefficient (Wildman–Crippen LogP) is -0.672. The van der Waals surface area contributed by atoms with Gasteiger partial charge in [0.15, 0.2) is 18.1 Å². The van der Waals surface area contributed by atoms with Gasteiger partial charge >= 0.3 is 11.7 Å². The average molecular weight is 297 g/mol. The molecule has 2 saturated heterocycles. The van der Waals surface area contributed by atoms with E-state index in [-0.39, 0.29) is 5.82 Å². The minimum absolute atomic E-state index is 0.0736. The van der Waals surface area contributed by atoms with Gasteiger partial charge in [-0.3, -0.25) is 4.57 Å². The van der Waals surface area contributed by atoms with Gasteiger partial charge in [0, 0.05) is 6.20 Å². The van der Waals surface area contributed by atoms with E-state index in [1.165, 1.54) is 12.3 Å². The van der Waals surface area contributed by atoms with Crippen molar-refractivity contribution in [1.82, 2.24) is 9.55 Å². The molecule has 114 valence electrons. The molecule has 0 amide bonds. The van der Waals surface area contributed by atoms with Crippen molar-refractivity contribution in [2.45, 2.75) is 44.2 Å². The normalized spacial score (nSPS) is 33.8. The van der Waals surface area contributed by atoms with Crippen molar-refractivity contribution in [3.05, 3.63) is 22.7 Å². The van der Waals surface area contributed by atoms with Crippen molar-refractivity contribution in [1.29, 1.82) is 0 Å². The first-order valence-corrected chi connectivity index (χ1v) is 6.37. The topological polar surface area (TPSA) is 126 Å². The van der Waals surface area contributed by atoms with E-state index in [2.05, 4.69) is 4.98 Å². The largest absolute Gasteiger partial charge is 0.479 e. The van der Waals surface area contributed by atoms with E-state index in [1.54, 1.807) is 13.8 Å². The van der Waals surface area contributed by atoms with Crippen LogP contribution in [0.15, 0.2) is 17.1 Å². The quantitative estimate of drug-likeness (QED) is 0.736. The molecule has 2 aliphatic heterocycles. The van der Waals surface area contributed by atoms with Gasteiger partial charge in [0.2, 0.25) is 0 Å². The molecule has 0 radical (unpaired) electrons. The van der Waals surface area contributed by atoms with E-state index >= 15 is 0 Å². The first-order valence-electron chi connectivity index (χ1n) is 6.37. The number of carboxylic acids is 1.